The van der Waals surface area contributed by atoms with Crippen LogP contribution in [-0.2, 0) is 4.79 Å². The van der Waals surface area contributed by atoms with Crippen LogP contribution in [0, 0.1) is 11.8 Å². The van der Waals surface area contributed by atoms with Gasteiger partial charge in [-0.25, -0.2) is 0 Å². The Kier molecular flexibility index (Phi) is 7.77. The van der Waals surface area contributed by atoms with Crippen molar-refractivity contribution in [2.24, 2.45) is 11.8 Å². The lowest BCUT2D eigenvalue weighted by Gasteiger charge is -2.25. The molecule has 83 valence electrons. The Balaban J connectivity index is 3.77. The predicted molar refractivity (Wildman–Crippen MR) is 61.0 cm³/mol. The van der Waals surface area contributed by atoms with Gasteiger partial charge in [0.2, 0.25) is 0 Å². The summed E-state index contributed by atoms with van der Waals surface area (Å²) in [5, 5.41) is 0. The maximum absolute atomic E-state index is 10.1. The summed E-state index contributed by atoms with van der Waals surface area (Å²) in [6.07, 6.45) is 3.48. The number of unbranched alkanes of at least 4 members (excludes halogenated alkanes) is 1. The number of carbonyl (C=O) groups excluding carboxylic acids is 1. The number of hydrogen-bond acceptors (Lipinski definition) is 2. The third kappa shape index (κ3) is 8.24. The van der Waals surface area contributed by atoms with Crippen molar-refractivity contribution in [2.45, 2.75) is 40.5 Å². The number of nitrogens with zero attached hydrogens (tertiary/aromatic N) is 1. The first-order valence-corrected chi connectivity index (χ1v) is 5.63. The van der Waals surface area contributed by atoms with E-state index in [1.165, 1.54) is 0 Å². The largest absolute Gasteiger partial charge is 0.303 e. The van der Waals surface area contributed by atoms with Crippen LogP contribution in [0.3, 0.4) is 0 Å². The van der Waals surface area contributed by atoms with E-state index in [2.05, 4.69) is 32.6 Å². The van der Waals surface area contributed by atoms with Crippen LogP contribution in [0.1, 0.15) is 40.5 Å². The zero-order chi connectivity index (χ0) is 11.0. The van der Waals surface area contributed by atoms with E-state index in [1.807, 2.05) is 6.29 Å². The molecule has 0 rings (SSSR count). The Morgan fingerprint density at radius 2 is 1.57 bits per heavy atom. The lowest BCUT2D eigenvalue weighted by Crippen LogP contribution is -2.32. The molecule has 0 spiro atoms. The van der Waals surface area contributed by atoms with Crippen LogP contribution in [-0.4, -0.2) is 30.8 Å². The van der Waals surface area contributed by atoms with E-state index in [9.17, 15) is 4.79 Å². The average Bonchev–Trinajstić information content (AvgIpc) is 2.02. The molecule has 0 aromatic carbocycles. The van der Waals surface area contributed by atoms with Gasteiger partial charge in [-0.15, -0.1) is 0 Å². The molecular formula is C12H24NO. The summed E-state index contributed by atoms with van der Waals surface area (Å²) in [7, 11) is 0. The van der Waals surface area contributed by atoms with E-state index in [0.717, 1.165) is 26.1 Å². The first kappa shape index (κ1) is 13.6. The zero-order valence-electron chi connectivity index (χ0n) is 10.0. The Morgan fingerprint density at radius 1 is 1.07 bits per heavy atom. The molecule has 0 aromatic rings. The normalized spacial score (nSPS) is 11.6. The third-order valence-corrected chi connectivity index (χ3v) is 2.00. The van der Waals surface area contributed by atoms with Crippen molar-refractivity contribution >= 4 is 6.29 Å². The molecule has 0 fully saturated rings. The van der Waals surface area contributed by atoms with Gasteiger partial charge in [0.1, 0.15) is 0 Å². The van der Waals surface area contributed by atoms with Crippen LogP contribution in [0.4, 0.5) is 0 Å². The molecule has 0 saturated carbocycles. The molecule has 0 bridgehead atoms. The average molecular weight is 198 g/mol. The van der Waals surface area contributed by atoms with Gasteiger partial charge in [-0.3, -0.25) is 4.79 Å². The Morgan fingerprint density at radius 3 is 1.93 bits per heavy atom. The fourth-order valence-electron chi connectivity index (χ4n) is 1.66. The molecule has 0 aliphatic rings. The van der Waals surface area contributed by atoms with Crippen molar-refractivity contribution in [2.75, 3.05) is 19.6 Å². The molecule has 1 radical (unpaired) electrons. The highest BCUT2D eigenvalue weighted by Gasteiger charge is 2.08. The van der Waals surface area contributed by atoms with Crippen LogP contribution in [0.2, 0.25) is 0 Å². The fourth-order valence-corrected chi connectivity index (χ4v) is 1.66. The lowest BCUT2D eigenvalue weighted by atomic mass is 10.1. The van der Waals surface area contributed by atoms with E-state index in [4.69, 9.17) is 0 Å². The van der Waals surface area contributed by atoms with Gasteiger partial charge in [0.05, 0.1) is 0 Å². The molecule has 2 nitrogen and oxygen atoms in total. The van der Waals surface area contributed by atoms with Gasteiger partial charge in [0, 0.05) is 19.5 Å². The summed E-state index contributed by atoms with van der Waals surface area (Å²) < 4.78 is 0. The second-order valence-electron chi connectivity index (χ2n) is 4.80. The highest BCUT2D eigenvalue weighted by Crippen LogP contribution is 2.05. The smallest absolute Gasteiger partial charge is 0.198 e. The lowest BCUT2D eigenvalue weighted by molar-refractivity contribution is 0.218. The SMILES string of the molecule is CC(C)CN(CCC[C]=O)CC(C)C. The fraction of sp³-hybridized carbons (Fsp3) is 0.917. The molecule has 0 aromatic heterocycles. The van der Waals surface area contributed by atoms with Crippen molar-refractivity contribution in [3.05, 3.63) is 0 Å². The Bertz CT molecular complexity index is 133. The summed E-state index contributed by atoms with van der Waals surface area (Å²) in [5.74, 6) is 1.41. The molecule has 0 aliphatic heterocycles. The van der Waals surface area contributed by atoms with E-state index >= 15 is 0 Å². The van der Waals surface area contributed by atoms with Crippen LogP contribution < -0.4 is 0 Å². The van der Waals surface area contributed by atoms with Crippen LogP contribution in [0.15, 0.2) is 0 Å². The van der Waals surface area contributed by atoms with Gasteiger partial charge >= 0.3 is 0 Å². The quantitative estimate of drug-likeness (QED) is 0.558. The summed E-state index contributed by atoms with van der Waals surface area (Å²) >= 11 is 0. The summed E-state index contributed by atoms with van der Waals surface area (Å²) in [5.41, 5.74) is 0. The minimum Gasteiger partial charge on any atom is -0.303 e. The van der Waals surface area contributed by atoms with Crippen LogP contribution in [0.5, 0.6) is 0 Å². The molecule has 14 heavy (non-hydrogen) atoms. The van der Waals surface area contributed by atoms with Crippen molar-refractivity contribution in [1.82, 2.24) is 4.90 Å². The molecule has 0 N–H and O–H groups in total. The minimum absolute atomic E-state index is 0.576. The summed E-state index contributed by atoms with van der Waals surface area (Å²) in [6, 6.07) is 0. The first-order chi connectivity index (χ1) is 6.56. The van der Waals surface area contributed by atoms with Gasteiger partial charge in [0.25, 0.3) is 0 Å². The summed E-state index contributed by atoms with van der Waals surface area (Å²) in [4.78, 5) is 12.5. The Labute approximate surface area is 88.7 Å². The van der Waals surface area contributed by atoms with E-state index in [0.29, 0.717) is 18.3 Å². The van der Waals surface area contributed by atoms with Crippen molar-refractivity contribution in [3.63, 3.8) is 0 Å². The number of hydrogen-bond donors (Lipinski definition) is 0. The van der Waals surface area contributed by atoms with Gasteiger partial charge in [-0.1, -0.05) is 27.7 Å². The van der Waals surface area contributed by atoms with E-state index in [-0.39, 0.29) is 0 Å². The molecule has 0 heterocycles. The van der Waals surface area contributed by atoms with Crippen molar-refractivity contribution in [3.8, 4) is 0 Å². The zero-order valence-corrected chi connectivity index (χ0v) is 10.0. The Hall–Kier alpha value is -0.370. The molecule has 0 atom stereocenters. The summed E-state index contributed by atoms with van der Waals surface area (Å²) in [6.45, 7) is 12.2. The monoisotopic (exact) mass is 198 g/mol. The molecule has 0 aliphatic carbocycles. The highest BCUT2D eigenvalue weighted by atomic mass is 16.1. The molecular weight excluding hydrogens is 174 g/mol. The van der Waals surface area contributed by atoms with Crippen molar-refractivity contribution < 1.29 is 4.79 Å². The van der Waals surface area contributed by atoms with Gasteiger partial charge in [0.15, 0.2) is 6.29 Å². The molecule has 0 amide bonds. The minimum atomic E-state index is 0.576. The maximum Gasteiger partial charge on any atom is 0.198 e. The molecule has 0 unspecified atom stereocenters. The topological polar surface area (TPSA) is 20.3 Å². The van der Waals surface area contributed by atoms with Crippen LogP contribution >= 0.6 is 0 Å². The highest BCUT2D eigenvalue weighted by molar-refractivity contribution is 5.50. The standard InChI is InChI=1S/C12H24NO/c1-11(2)9-13(10-12(3)4)7-5-6-8-14/h11-12H,5-7,9-10H2,1-4H3. The van der Waals surface area contributed by atoms with E-state index < -0.39 is 0 Å². The van der Waals surface area contributed by atoms with E-state index in [1.54, 1.807) is 0 Å². The van der Waals surface area contributed by atoms with Gasteiger partial charge in [-0.05, 0) is 24.8 Å². The van der Waals surface area contributed by atoms with Crippen LogP contribution in [0.25, 0.3) is 0 Å². The van der Waals surface area contributed by atoms with Crippen molar-refractivity contribution in [1.29, 1.82) is 0 Å². The molecule has 0 saturated heterocycles. The van der Waals surface area contributed by atoms with Gasteiger partial charge in [-0.2, -0.15) is 0 Å². The third-order valence-electron chi connectivity index (χ3n) is 2.00. The predicted octanol–water partition coefficient (Wildman–Crippen LogP) is 2.49. The van der Waals surface area contributed by atoms with Gasteiger partial charge < -0.3 is 4.90 Å². The first-order valence-electron chi connectivity index (χ1n) is 5.63. The molecule has 2 heteroatoms. The number of rotatable bonds is 8. The second kappa shape index (κ2) is 7.98. The maximum atomic E-state index is 10.1. The second-order valence-corrected chi connectivity index (χ2v) is 4.80.